The van der Waals surface area contributed by atoms with Crippen molar-refractivity contribution in [1.82, 2.24) is 4.72 Å². The fraction of sp³-hybridized carbons (Fsp3) is 0.571. The smallest absolute Gasteiger partial charge is 0.137 e. The van der Waals surface area contributed by atoms with E-state index in [9.17, 15) is 4.21 Å². The summed E-state index contributed by atoms with van der Waals surface area (Å²) >= 11 is 0. The summed E-state index contributed by atoms with van der Waals surface area (Å²) in [5.74, 6) is 0. The molecule has 1 aromatic carbocycles. The van der Waals surface area contributed by atoms with E-state index < -0.39 is 9.92 Å². The summed E-state index contributed by atoms with van der Waals surface area (Å²) < 4.78 is 20.8. The molecule has 4 nitrogen and oxygen atoms in total. The molecule has 1 rings (SSSR count). The Morgan fingerprint density at radius 1 is 1.32 bits per heavy atom. The molecule has 1 aromatic rings. The third-order valence-electron chi connectivity index (χ3n) is 2.81. The topological polar surface area (TPSA) is 67.5 Å². The molecule has 0 heterocycles. The van der Waals surface area contributed by atoms with Crippen LogP contribution in [0.3, 0.4) is 0 Å². The van der Waals surface area contributed by atoms with Crippen LogP contribution in [-0.4, -0.2) is 16.3 Å². The second-order valence-electron chi connectivity index (χ2n) is 4.95. The fourth-order valence-corrected chi connectivity index (χ4v) is 4.05. The molecule has 0 spiro atoms. The van der Waals surface area contributed by atoms with Gasteiger partial charge in [-0.2, -0.15) is 0 Å². The normalized spacial score (nSPS) is 14.6. The van der Waals surface area contributed by atoms with Crippen molar-refractivity contribution in [3.05, 3.63) is 24.3 Å². The molecule has 0 fully saturated rings. The first-order valence-corrected chi connectivity index (χ1v) is 8.31. The summed E-state index contributed by atoms with van der Waals surface area (Å²) in [5.41, 5.74) is 6.39. The number of rotatable bonds is 6. The second kappa shape index (κ2) is 6.91. The second-order valence-corrected chi connectivity index (χ2v) is 6.92. The minimum Gasteiger partial charge on any atom is -0.399 e. The quantitative estimate of drug-likeness (QED) is 0.787. The molecule has 0 saturated carbocycles. The molecule has 3 N–H and O–H groups in total. The summed E-state index contributed by atoms with van der Waals surface area (Å²) in [4.78, 5) is 0.660. The van der Waals surface area contributed by atoms with Crippen molar-refractivity contribution in [2.45, 2.75) is 57.5 Å². The zero-order chi connectivity index (χ0) is 14.5. The standard InChI is InChI=1S/C14H25N3OS/c1-5-13(6-2)17-19(18,16-11(3)4)14-9-7-8-12(15)10-14/h7-11,13H,5-6,15H2,1-4H3,(H,16,17,18). The Morgan fingerprint density at radius 2 is 1.95 bits per heavy atom. The molecule has 0 amide bonds. The minimum atomic E-state index is -2.62. The molecule has 0 aliphatic heterocycles. The largest absolute Gasteiger partial charge is 0.399 e. The first-order valence-electron chi connectivity index (χ1n) is 6.80. The molecule has 19 heavy (non-hydrogen) atoms. The molecule has 0 bridgehead atoms. The van der Waals surface area contributed by atoms with Crippen molar-refractivity contribution >= 4 is 15.6 Å². The lowest BCUT2D eigenvalue weighted by atomic mass is 10.2. The van der Waals surface area contributed by atoms with Gasteiger partial charge in [0, 0.05) is 11.7 Å². The van der Waals surface area contributed by atoms with E-state index in [4.69, 9.17) is 5.73 Å². The van der Waals surface area contributed by atoms with Crippen LogP contribution in [-0.2, 0) is 9.92 Å². The molecule has 0 saturated heterocycles. The number of nitrogens with two attached hydrogens (primary N) is 1. The van der Waals surface area contributed by atoms with E-state index in [0.717, 1.165) is 12.8 Å². The van der Waals surface area contributed by atoms with Crippen molar-refractivity contribution < 1.29 is 4.21 Å². The number of nitrogens with zero attached hydrogens (tertiary/aromatic N) is 1. The van der Waals surface area contributed by atoms with E-state index in [1.807, 2.05) is 26.0 Å². The van der Waals surface area contributed by atoms with Crippen LogP contribution in [0.5, 0.6) is 0 Å². The first kappa shape index (κ1) is 16.0. The van der Waals surface area contributed by atoms with E-state index in [1.165, 1.54) is 0 Å². The van der Waals surface area contributed by atoms with E-state index in [0.29, 0.717) is 10.6 Å². The van der Waals surface area contributed by atoms with E-state index >= 15 is 0 Å². The highest BCUT2D eigenvalue weighted by atomic mass is 32.2. The molecule has 5 heteroatoms. The molecule has 0 aromatic heterocycles. The molecule has 0 radical (unpaired) electrons. The van der Waals surface area contributed by atoms with Crippen molar-refractivity contribution in [1.29, 1.82) is 0 Å². The van der Waals surface area contributed by atoms with Gasteiger partial charge in [0.15, 0.2) is 0 Å². The summed E-state index contributed by atoms with van der Waals surface area (Å²) in [6.45, 7) is 8.06. The van der Waals surface area contributed by atoms with Crippen molar-refractivity contribution in [3.8, 4) is 0 Å². The number of anilines is 1. The van der Waals surface area contributed by atoms with E-state index in [1.54, 1.807) is 12.1 Å². The maximum Gasteiger partial charge on any atom is 0.137 e. The fourth-order valence-electron chi connectivity index (χ4n) is 1.81. The van der Waals surface area contributed by atoms with Gasteiger partial charge >= 0.3 is 0 Å². The van der Waals surface area contributed by atoms with Crippen LogP contribution in [0.1, 0.15) is 40.5 Å². The van der Waals surface area contributed by atoms with Crippen LogP contribution in [0, 0.1) is 0 Å². The lowest BCUT2D eigenvalue weighted by molar-refractivity contribution is 0.608. The molecule has 0 aliphatic rings. The van der Waals surface area contributed by atoms with Gasteiger partial charge in [0.25, 0.3) is 0 Å². The van der Waals surface area contributed by atoms with Gasteiger partial charge in [-0.25, -0.2) is 13.3 Å². The Bertz CT molecular complexity index is 515. The van der Waals surface area contributed by atoms with E-state index in [2.05, 4.69) is 22.9 Å². The first-order chi connectivity index (χ1) is 8.91. The maximum atomic E-state index is 13.1. The Kier molecular flexibility index (Phi) is 5.82. The van der Waals surface area contributed by atoms with Gasteiger partial charge in [0.2, 0.25) is 0 Å². The lowest BCUT2D eigenvalue weighted by Crippen LogP contribution is -2.31. The molecule has 1 unspecified atom stereocenters. The maximum absolute atomic E-state index is 13.1. The van der Waals surface area contributed by atoms with Crippen LogP contribution >= 0.6 is 0 Å². The molecule has 0 aliphatic carbocycles. The summed E-state index contributed by atoms with van der Waals surface area (Å²) in [6, 6.07) is 7.35. The monoisotopic (exact) mass is 283 g/mol. The van der Waals surface area contributed by atoms with Gasteiger partial charge in [-0.1, -0.05) is 19.9 Å². The number of nitrogen functional groups attached to an aromatic ring is 1. The third kappa shape index (κ3) is 4.51. The van der Waals surface area contributed by atoms with Gasteiger partial charge in [-0.05, 0) is 44.9 Å². The van der Waals surface area contributed by atoms with Crippen LogP contribution in [0.2, 0.25) is 0 Å². The molecular weight excluding hydrogens is 258 g/mol. The zero-order valence-electron chi connectivity index (χ0n) is 12.2. The van der Waals surface area contributed by atoms with Crippen molar-refractivity contribution in [2.24, 2.45) is 4.36 Å². The average Bonchev–Trinajstić information content (AvgIpc) is 2.35. The molecular formula is C14H25N3OS. The van der Waals surface area contributed by atoms with Crippen molar-refractivity contribution in [2.75, 3.05) is 5.73 Å². The lowest BCUT2D eigenvalue weighted by Gasteiger charge is -2.18. The highest BCUT2D eigenvalue weighted by molar-refractivity contribution is 7.91. The van der Waals surface area contributed by atoms with Crippen LogP contribution in [0.15, 0.2) is 33.5 Å². The minimum absolute atomic E-state index is 0.0899. The highest BCUT2D eigenvalue weighted by Gasteiger charge is 2.16. The van der Waals surface area contributed by atoms with Gasteiger partial charge in [0.1, 0.15) is 9.92 Å². The Balaban J connectivity index is 3.31. The van der Waals surface area contributed by atoms with Crippen molar-refractivity contribution in [3.63, 3.8) is 0 Å². The summed E-state index contributed by atoms with van der Waals surface area (Å²) in [5, 5.41) is 0. The predicted octanol–water partition coefficient (Wildman–Crippen LogP) is 3.20. The van der Waals surface area contributed by atoms with Crippen LogP contribution < -0.4 is 10.5 Å². The van der Waals surface area contributed by atoms with Gasteiger partial charge in [-0.15, -0.1) is 0 Å². The van der Waals surface area contributed by atoms with Crippen LogP contribution in [0.4, 0.5) is 5.69 Å². The zero-order valence-corrected chi connectivity index (χ0v) is 13.0. The molecule has 1 atom stereocenters. The van der Waals surface area contributed by atoms with Gasteiger partial charge < -0.3 is 5.73 Å². The summed E-state index contributed by atoms with van der Waals surface area (Å²) in [6.07, 6.45) is 1.77. The summed E-state index contributed by atoms with van der Waals surface area (Å²) in [7, 11) is -2.62. The average molecular weight is 283 g/mol. The Labute approximate surface area is 117 Å². The number of hydrogen-bond acceptors (Lipinski definition) is 3. The highest BCUT2D eigenvalue weighted by Crippen LogP contribution is 2.18. The molecule has 108 valence electrons. The number of hydrogen-bond donors (Lipinski definition) is 2. The van der Waals surface area contributed by atoms with Crippen LogP contribution in [0.25, 0.3) is 0 Å². The van der Waals surface area contributed by atoms with E-state index in [-0.39, 0.29) is 12.1 Å². The number of benzene rings is 1. The Morgan fingerprint density at radius 3 is 2.42 bits per heavy atom. The van der Waals surface area contributed by atoms with Gasteiger partial charge in [-0.3, -0.25) is 0 Å². The number of nitrogens with one attached hydrogen (secondary N) is 1. The predicted molar refractivity (Wildman–Crippen MR) is 82.3 cm³/mol. The Hall–Kier alpha value is -1.07. The van der Waals surface area contributed by atoms with Gasteiger partial charge in [0.05, 0.1) is 10.9 Å². The third-order valence-corrected chi connectivity index (χ3v) is 5.09. The SMILES string of the molecule is CCC(CC)N=S(=O)(NC(C)C)c1cccc(N)c1.